The van der Waals surface area contributed by atoms with Crippen molar-refractivity contribution in [2.75, 3.05) is 19.8 Å². The summed E-state index contributed by atoms with van der Waals surface area (Å²) in [5.41, 5.74) is 2.39. The van der Waals surface area contributed by atoms with Crippen molar-refractivity contribution < 1.29 is 9.47 Å². The van der Waals surface area contributed by atoms with Gasteiger partial charge in [0.1, 0.15) is 13.2 Å². The third kappa shape index (κ3) is 3.11. The van der Waals surface area contributed by atoms with Gasteiger partial charge in [-0.1, -0.05) is 6.07 Å². The number of rotatable bonds is 5. The van der Waals surface area contributed by atoms with Crippen LogP contribution in [0.2, 0.25) is 0 Å². The second-order valence-electron chi connectivity index (χ2n) is 4.94. The molecule has 0 atom stereocenters. The van der Waals surface area contributed by atoms with Crippen LogP contribution in [0.5, 0.6) is 11.5 Å². The molecule has 1 aliphatic heterocycles. The van der Waals surface area contributed by atoms with Crippen molar-refractivity contribution >= 4 is 0 Å². The lowest BCUT2D eigenvalue weighted by atomic mass is 10.2. The molecule has 2 aromatic rings. The minimum absolute atomic E-state index is 0.628. The molecule has 0 saturated carbocycles. The predicted octanol–water partition coefficient (Wildman–Crippen LogP) is 1.75. The maximum absolute atomic E-state index is 5.58. The van der Waals surface area contributed by atoms with E-state index in [0.717, 1.165) is 31.1 Å². The van der Waals surface area contributed by atoms with E-state index >= 15 is 0 Å². The van der Waals surface area contributed by atoms with Crippen molar-refractivity contribution in [3.05, 3.63) is 41.7 Å². The highest BCUT2D eigenvalue weighted by Crippen LogP contribution is 2.30. The van der Waals surface area contributed by atoms with Crippen molar-refractivity contribution in [1.82, 2.24) is 15.1 Å². The Morgan fingerprint density at radius 1 is 1.25 bits per heavy atom. The molecular formula is C15H19N3O2. The van der Waals surface area contributed by atoms with E-state index < -0.39 is 0 Å². The van der Waals surface area contributed by atoms with Gasteiger partial charge in [-0.05, 0) is 30.2 Å². The van der Waals surface area contributed by atoms with E-state index in [9.17, 15) is 0 Å². The molecule has 3 rings (SSSR count). The van der Waals surface area contributed by atoms with Crippen molar-refractivity contribution in [3.8, 4) is 11.5 Å². The monoisotopic (exact) mass is 273 g/mol. The number of ether oxygens (including phenoxy) is 2. The lowest BCUT2D eigenvalue weighted by molar-refractivity contribution is 0.171. The summed E-state index contributed by atoms with van der Waals surface area (Å²) < 4.78 is 13.0. The van der Waals surface area contributed by atoms with E-state index in [1.54, 1.807) is 0 Å². The first-order valence-electron chi connectivity index (χ1n) is 6.89. The smallest absolute Gasteiger partial charge is 0.161 e. The molecular weight excluding hydrogens is 254 g/mol. The largest absolute Gasteiger partial charge is 0.486 e. The fourth-order valence-corrected chi connectivity index (χ4v) is 2.21. The molecule has 0 aliphatic carbocycles. The molecule has 0 spiro atoms. The first-order chi connectivity index (χ1) is 9.81. The second-order valence-corrected chi connectivity index (χ2v) is 4.94. The van der Waals surface area contributed by atoms with Gasteiger partial charge >= 0.3 is 0 Å². The Labute approximate surface area is 118 Å². The van der Waals surface area contributed by atoms with Crippen LogP contribution in [-0.4, -0.2) is 29.5 Å². The molecule has 0 radical (unpaired) electrons. The Kier molecular flexibility index (Phi) is 3.87. The molecule has 2 heterocycles. The van der Waals surface area contributed by atoms with Crippen molar-refractivity contribution in [2.24, 2.45) is 0 Å². The molecule has 0 amide bonds. The summed E-state index contributed by atoms with van der Waals surface area (Å²) in [4.78, 5) is 0. The van der Waals surface area contributed by atoms with E-state index in [-0.39, 0.29) is 0 Å². The van der Waals surface area contributed by atoms with Crippen LogP contribution in [0, 0.1) is 6.92 Å². The summed E-state index contributed by atoms with van der Waals surface area (Å²) in [6.45, 7) is 5.88. The van der Waals surface area contributed by atoms with Crippen LogP contribution in [0.15, 0.2) is 30.6 Å². The van der Waals surface area contributed by atoms with Crippen LogP contribution in [0.4, 0.5) is 0 Å². The molecule has 0 bridgehead atoms. The zero-order valence-electron chi connectivity index (χ0n) is 11.6. The number of hydrogen-bond acceptors (Lipinski definition) is 4. The van der Waals surface area contributed by atoms with Gasteiger partial charge in [0.15, 0.2) is 11.5 Å². The normalized spacial score (nSPS) is 13.4. The number of aromatic nitrogens is 2. The van der Waals surface area contributed by atoms with Gasteiger partial charge in [-0.15, -0.1) is 0 Å². The number of fused-ring (bicyclic) bond motifs is 1. The first-order valence-corrected chi connectivity index (χ1v) is 6.89. The summed E-state index contributed by atoms with van der Waals surface area (Å²) in [5, 5.41) is 7.67. The number of nitrogens with one attached hydrogen (secondary N) is 1. The topological polar surface area (TPSA) is 48.3 Å². The standard InChI is InChI=1S/C15H19N3O2/c1-12-9-17-18(11-12)5-4-16-10-13-2-3-14-15(8-13)20-7-6-19-14/h2-3,8-9,11,16H,4-7,10H2,1H3. The van der Waals surface area contributed by atoms with Gasteiger partial charge in [0.25, 0.3) is 0 Å². The van der Waals surface area contributed by atoms with Gasteiger partial charge in [0.05, 0.1) is 12.7 Å². The Morgan fingerprint density at radius 3 is 2.90 bits per heavy atom. The lowest BCUT2D eigenvalue weighted by Gasteiger charge is -2.19. The van der Waals surface area contributed by atoms with E-state index in [2.05, 4.69) is 16.5 Å². The second kappa shape index (κ2) is 5.96. The molecule has 0 fully saturated rings. The van der Waals surface area contributed by atoms with Crippen molar-refractivity contribution in [3.63, 3.8) is 0 Å². The fourth-order valence-electron chi connectivity index (χ4n) is 2.21. The van der Waals surface area contributed by atoms with E-state index in [0.29, 0.717) is 13.2 Å². The van der Waals surface area contributed by atoms with Crippen molar-refractivity contribution in [1.29, 1.82) is 0 Å². The van der Waals surface area contributed by atoms with E-state index in [4.69, 9.17) is 9.47 Å². The molecule has 0 saturated heterocycles. The Hall–Kier alpha value is -2.01. The minimum atomic E-state index is 0.628. The third-order valence-corrected chi connectivity index (χ3v) is 3.22. The van der Waals surface area contributed by atoms with Gasteiger partial charge in [-0.3, -0.25) is 4.68 Å². The molecule has 5 heteroatoms. The summed E-state index contributed by atoms with van der Waals surface area (Å²) in [6.07, 6.45) is 3.92. The molecule has 0 unspecified atom stereocenters. The summed E-state index contributed by atoms with van der Waals surface area (Å²) >= 11 is 0. The number of aryl methyl sites for hydroxylation is 1. The Bertz CT molecular complexity index is 580. The predicted molar refractivity (Wildman–Crippen MR) is 76.1 cm³/mol. The SMILES string of the molecule is Cc1cnn(CCNCc2ccc3c(c2)OCCO3)c1. The van der Waals surface area contributed by atoms with Gasteiger partial charge < -0.3 is 14.8 Å². The Morgan fingerprint density at radius 2 is 2.10 bits per heavy atom. The average molecular weight is 273 g/mol. The van der Waals surface area contributed by atoms with Crippen LogP contribution < -0.4 is 14.8 Å². The summed E-state index contributed by atoms with van der Waals surface area (Å²) in [7, 11) is 0. The quantitative estimate of drug-likeness (QED) is 0.843. The van der Waals surface area contributed by atoms with Crippen molar-refractivity contribution in [2.45, 2.75) is 20.0 Å². The van der Waals surface area contributed by atoms with Gasteiger partial charge in [0.2, 0.25) is 0 Å². The molecule has 1 aromatic carbocycles. The van der Waals surface area contributed by atoms with E-state index in [1.807, 2.05) is 36.1 Å². The summed E-state index contributed by atoms with van der Waals surface area (Å²) in [5.74, 6) is 1.69. The van der Waals surface area contributed by atoms with E-state index in [1.165, 1.54) is 11.1 Å². The van der Waals surface area contributed by atoms with Gasteiger partial charge in [-0.25, -0.2) is 0 Å². The molecule has 20 heavy (non-hydrogen) atoms. The molecule has 1 N–H and O–H groups in total. The zero-order chi connectivity index (χ0) is 13.8. The molecule has 106 valence electrons. The van der Waals surface area contributed by atoms with Gasteiger partial charge in [-0.2, -0.15) is 5.10 Å². The van der Waals surface area contributed by atoms with Crippen LogP contribution >= 0.6 is 0 Å². The molecule has 5 nitrogen and oxygen atoms in total. The minimum Gasteiger partial charge on any atom is -0.486 e. The summed E-state index contributed by atoms with van der Waals surface area (Å²) in [6, 6.07) is 6.08. The molecule has 1 aromatic heterocycles. The highest BCUT2D eigenvalue weighted by atomic mass is 16.6. The van der Waals surface area contributed by atoms with Crippen LogP contribution in [0.3, 0.4) is 0 Å². The lowest BCUT2D eigenvalue weighted by Crippen LogP contribution is -2.20. The van der Waals surface area contributed by atoms with Crippen LogP contribution in [-0.2, 0) is 13.1 Å². The fraction of sp³-hybridized carbons (Fsp3) is 0.400. The maximum Gasteiger partial charge on any atom is 0.161 e. The zero-order valence-corrected chi connectivity index (χ0v) is 11.6. The number of hydrogen-bond donors (Lipinski definition) is 1. The van der Waals surface area contributed by atoms with Gasteiger partial charge in [0, 0.05) is 19.3 Å². The maximum atomic E-state index is 5.58. The number of nitrogens with zero attached hydrogens (tertiary/aromatic N) is 2. The highest BCUT2D eigenvalue weighted by molar-refractivity contribution is 5.43. The molecule has 1 aliphatic rings. The first kappa shape index (κ1) is 13.0. The average Bonchev–Trinajstić information content (AvgIpc) is 2.89. The van der Waals surface area contributed by atoms with Crippen LogP contribution in [0.25, 0.3) is 0 Å². The Balaban J connectivity index is 1.48. The highest BCUT2D eigenvalue weighted by Gasteiger charge is 2.11. The third-order valence-electron chi connectivity index (χ3n) is 3.22. The van der Waals surface area contributed by atoms with Crippen LogP contribution in [0.1, 0.15) is 11.1 Å². The number of benzene rings is 1.